The molecule has 0 aliphatic rings. The van der Waals surface area contributed by atoms with E-state index in [1.54, 1.807) is 0 Å². The van der Waals surface area contributed by atoms with E-state index < -0.39 is 0 Å². The summed E-state index contributed by atoms with van der Waals surface area (Å²) in [4.78, 5) is 0. The molecular weight excluding hydrogens is 312 g/mol. The van der Waals surface area contributed by atoms with Crippen LogP contribution in [0.25, 0.3) is 10.8 Å². The van der Waals surface area contributed by atoms with Crippen LogP contribution in [0.4, 0.5) is 0 Å². The van der Waals surface area contributed by atoms with Gasteiger partial charge in [0.25, 0.3) is 0 Å². The topological polar surface area (TPSA) is 0 Å². The second-order valence-corrected chi connectivity index (χ2v) is 8.05. The summed E-state index contributed by atoms with van der Waals surface area (Å²) in [5, 5.41) is 2.58. The fourth-order valence-corrected chi connectivity index (χ4v) is 4.01. The summed E-state index contributed by atoms with van der Waals surface area (Å²) in [6.45, 7) is 4.60. The van der Waals surface area contributed by atoms with E-state index in [2.05, 4.69) is 56.3 Å². The molecule has 0 saturated heterocycles. The quantitative estimate of drug-likeness (QED) is 0.299. The molecule has 0 fully saturated rings. The van der Waals surface area contributed by atoms with Gasteiger partial charge in [-0.1, -0.05) is 127 Å². The predicted octanol–water partition coefficient (Wildman–Crippen LogP) is 8.52. The van der Waals surface area contributed by atoms with Crippen molar-refractivity contribution in [3.05, 3.63) is 48.0 Å². The molecule has 0 saturated carbocycles. The molecule has 2 aromatic rings. The van der Waals surface area contributed by atoms with Crippen LogP contribution in [-0.4, -0.2) is 0 Å². The minimum absolute atomic E-state index is 0.843. The van der Waals surface area contributed by atoms with E-state index >= 15 is 0 Å². The summed E-state index contributed by atoms with van der Waals surface area (Å²) >= 11 is 0. The number of fused-ring (bicyclic) bond motifs is 1. The zero-order valence-electron chi connectivity index (χ0n) is 17.2. The van der Waals surface area contributed by atoms with Gasteiger partial charge >= 0.3 is 0 Å². The average molecular weight is 352 g/mol. The van der Waals surface area contributed by atoms with E-state index in [1.807, 2.05) is 0 Å². The average Bonchev–Trinajstić information content (AvgIpc) is 2.67. The highest BCUT2D eigenvalue weighted by molar-refractivity contribution is 5.82. The summed E-state index contributed by atoms with van der Waals surface area (Å²) in [5.41, 5.74) is 1.41. The van der Waals surface area contributed by atoms with E-state index in [9.17, 15) is 0 Å². The summed E-state index contributed by atoms with van der Waals surface area (Å²) in [7, 11) is 0. The molecule has 0 aromatic heterocycles. The minimum Gasteiger partial charge on any atom is -0.0654 e. The molecule has 0 heteroatoms. The Morgan fingerprint density at radius 3 is 2.04 bits per heavy atom. The normalized spacial score (nSPS) is 12.5. The molecular formula is C26H39. The van der Waals surface area contributed by atoms with Gasteiger partial charge in [-0.05, 0) is 34.7 Å². The van der Waals surface area contributed by atoms with E-state index in [1.165, 1.54) is 99.8 Å². The van der Waals surface area contributed by atoms with E-state index in [0.29, 0.717) is 0 Å². The first-order valence-corrected chi connectivity index (χ1v) is 11.2. The molecule has 2 aromatic carbocycles. The molecule has 0 aliphatic carbocycles. The van der Waals surface area contributed by atoms with Crippen LogP contribution in [0.2, 0.25) is 0 Å². The van der Waals surface area contributed by atoms with Gasteiger partial charge in [-0.25, -0.2) is 0 Å². The molecule has 0 aliphatic heterocycles. The number of rotatable bonds is 14. The van der Waals surface area contributed by atoms with Gasteiger partial charge in [0, 0.05) is 0 Å². The van der Waals surface area contributed by atoms with E-state index in [4.69, 9.17) is 0 Å². The van der Waals surface area contributed by atoms with Crippen molar-refractivity contribution in [2.75, 3.05) is 0 Å². The Balaban J connectivity index is 1.86. The van der Waals surface area contributed by atoms with Crippen molar-refractivity contribution in [2.45, 2.75) is 97.3 Å². The lowest BCUT2D eigenvalue weighted by Crippen LogP contribution is -2.05. The second kappa shape index (κ2) is 13.0. The van der Waals surface area contributed by atoms with Crippen molar-refractivity contribution in [3.63, 3.8) is 0 Å². The Bertz CT molecular complexity index is 598. The molecule has 0 nitrogen and oxygen atoms in total. The monoisotopic (exact) mass is 351 g/mol. The lowest BCUT2D eigenvalue weighted by molar-refractivity contribution is 0.402. The number of benzene rings is 2. The maximum atomic E-state index is 3.68. The molecule has 0 amide bonds. The van der Waals surface area contributed by atoms with Gasteiger partial charge in [-0.2, -0.15) is 0 Å². The standard InChI is InChI=1S/C26H39/c1-3-5-7-9-10-12-16-23(15-11-8-6-4-2)21-24-19-20-25-17-13-14-18-26(25)22-24/h13-14,17-20,23H,3-12,15-16,21H2,1-2H3. The number of hydrogen-bond acceptors (Lipinski definition) is 0. The van der Waals surface area contributed by atoms with Crippen molar-refractivity contribution in [1.29, 1.82) is 0 Å². The Morgan fingerprint density at radius 2 is 1.31 bits per heavy atom. The Morgan fingerprint density at radius 1 is 0.692 bits per heavy atom. The van der Waals surface area contributed by atoms with Crippen LogP contribution in [-0.2, 0) is 6.42 Å². The van der Waals surface area contributed by atoms with Crippen molar-refractivity contribution in [1.82, 2.24) is 0 Å². The zero-order valence-corrected chi connectivity index (χ0v) is 17.2. The molecule has 1 unspecified atom stereocenters. The highest BCUT2D eigenvalue weighted by Gasteiger charge is 2.10. The van der Waals surface area contributed by atoms with Crippen LogP contribution in [0.15, 0.2) is 36.4 Å². The van der Waals surface area contributed by atoms with Crippen LogP contribution < -0.4 is 0 Å². The molecule has 0 spiro atoms. The molecule has 0 heterocycles. The van der Waals surface area contributed by atoms with Crippen molar-refractivity contribution >= 4 is 10.8 Å². The van der Waals surface area contributed by atoms with Crippen molar-refractivity contribution < 1.29 is 0 Å². The summed E-state index contributed by atoms with van der Waals surface area (Å²) in [6, 6.07) is 16.9. The van der Waals surface area contributed by atoms with Gasteiger partial charge in [0.15, 0.2) is 0 Å². The van der Waals surface area contributed by atoms with Crippen LogP contribution in [0, 0.1) is 12.0 Å². The van der Waals surface area contributed by atoms with Gasteiger partial charge < -0.3 is 0 Å². The Kier molecular flexibility index (Phi) is 10.5. The summed E-state index contributed by atoms with van der Waals surface area (Å²) < 4.78 is 0. The third kappa shape index (κ3) is 7.94. The molecule has 1 radical (unpaired) electrons. The number of unbranched alkanes of at least 4 members (excludes halogenated alkanes) is 8. The van der Waals surface area contributed by atoms with Gasteiger partial charge in [0.2, 0.25) is 0 Å². The third-order valence-corrected chi connectivity index (χ3v) is 5.66. The van der Waals surface area contributed by atoms with Crippen LogP contribution in [0.1, 0.15) is 96.5 Å². The maximum absolute atomic E-state index is 3.68. The first-order chi connectivity index (χ1) is 12.8. The highest BCUT2D eigenvalue weighted by atomic mass is 14.2. The molecule has 1 atom stereocenters. The lowest BCUT2D eigenvalue weighted by atomic mass is 9.88. The van der Waals surface area contributed by atoms with Crippen LogP contribution in [0.3, 0.4) is 0 Å². The Hall–Kier alpha value is -1.30. The fourth-order valence-electron chi connectivity index (χ4n) is 4.01. The molecule has 0 N–H and O–H groups in total. The lowest BCUT2D eigenvalue weighted by Gasteiger charge is -2.17. The predicted molar refractivity (Wildman–Crippen MR) is 117 cm³/mol. The van der Waals surface area contributed by atoms with Gasteiger partial charge in [-0.15, -0.1) is 0 Å². The first-order valence-electron chi connectivity index (χ1n) is 11.2. The van der Waals surface area contributed by atoms with Crippen LogP contribution in [0.5, 0.6) is 0 Å². The van der Waals surface area contributed by atoms with Crippen molar-refractivity contribution in [2.24, 2.45) is 5.92 Å². The molecule has 26 heavy (non-hydrogen) atoms. The summed E-state index contributed by atoms with van der Waals surface area (Å²) in [5.74, 6) is 0.843. The van der Waals surface area contributed by atoms with Gasteiger partial charge in [0.1, 0.15) is 0 Å². The zero-order chi connectivity index (χ0) is 18.5. The molecule has 2 rings (SSSR count). The SMILES string of the molecule is CCCCCCCCC(CCCCCC)Cc1[c]c2ccccc2cc1. The summed E-state index contributed by atoms with van der Waals surface area (Å²) in [6.07, 6.45) is 18.0. The van der Waals surface area contributed by atoms with E-state index in [0.717, 1.165) is 5.92 Å². The first kappa shape index (κ1) is 21.0. The second-order valence-electron chi connectivity index (χ2n) is 8.05. The largest absolute Gasteiger partial charge is 0.0654 e. The smallest absolute Gasteiger partial charge is 0.00642 e. The minimum atomic E-state index is 0.843. The van der Waals surface area contributed by atoms with Crippen LogP contribution >= 0.6 is 0 Å². The van der Waals surface area contributed by atoms with Gasteiger partial charge in [-0.3, -0.25) is 0 Å². The van der Waals surface area contributed by atoms with Gasteiger partial charge in [0.05, 0.1) is 0 Å². The highest BCUT2D eigenvalue weighted by Crippen LogP contribution is 2.24. The maximum Gasteiger partial charge on any atom is -0.00642 e. The fraction of sp³-hybridized carbons (Fsp3) is 0.615. The van der Waals surface area contributed by atoms with E-state index in [-0.39, 0.29) is 0 Å². The molecule has 0 bridgehead atoms. The number of hydrogen-bond donors (Lipinski definition) is 0. The third-order valence-electron chi connectivity index (χ3n) is 5.66. The Labute approximate surface area is 162 Å². The molecule has 143 valence electrons. The van der Waals surface area contributed by atoms with Crippen molar-refractivity contribution in [3.8, 4) is 0 Å².